The number of fused-ring (bicyclic) bond motifs is 1. The Morgan fingerprint density at radius 2 is 2.06 bits per heavy atom. The van der Waals surface area contributed by atoms with Crippen LogP contribution in [0.2, 0.25) is 0 Å². The van der Waals surface area contributed by atoms with Crippen LogP contribution in [0.1, 0.15) is 30.9 Å². The van der Waals surface area contributed by atoms with Crippen molar-refractivity contribution in [3.63, 3.8) is 0 Å². The fourth-order valence-corrected chi connectivity index (χ4v) is 2.93. The Morgan fingerprint density at radius 3 is 2.72 bits per heavy atom. The van der Waals surface area contributed by atoms with Gasteiger partial charge in [-0.3, -0.25) is 0 Å². The summed E-state index contributed by atoms with van der Waals surface area (Å²) in [6.45, 7) is 0. The van der Waals surface area contributed by atoms with E-state index in [9.17, 15) is 5.11 Å². The molecular weight excluding hydrogens is 232 g/mol. The summed E-state index contributed by atoms with van der Waals surface area (Å²) in [5.74, 6) is 1.51. The normalized spacial score (nSPS) is 33.5. The predicted octanol–water partition coefficient (Wildman–Crippen LogP) is 2.06. The molecule has 1 atom stereocenters. The molecule has 1 heterocycles. The number of hydrogen-bond donors (Lipinski definition) is 1. The molecule has 0 aromatic heterocycles. The molecule has 18 heavy (non-hydrogen) atoms. The minimum Gasteiger partial charge on any atom is -0.497 e. The van der Waals surface area contributed by atoms with Gasteiger partial charge in [-0.25, -0.2) is 0 Å². The first-order chi connectivity index (χ1) is 8.65. The second-order valence-corrected chi connectivity index (χ2v) is 5.17. The maximum absolute atomic E-state index is 10.3. The third kappa shape index (κ3) is 1.76. The molecule has 1 aliphatic heterocycles. The molecule has 0 unspecified atom stereocenters. The molecule has 1 fully saturated rings. The summed E-state index contributed by atoms with van der Waals surface area (Å²) in [5.41, 5.74) is 0.586. The molecule has 1 aromatic rings. The van der Waals surface area contributed by atoms with Crippen LogP contribution in [-0.2, 0) is 4.74 Å². The molecule has 1 aromatic carbocycles. The summed E-state index contributed by atoms with van der Waals surface area (Å²) in [7, 11) is 3.34. The van der Waals surface area contributed by atoms with Crippen molar-refractivity contribution >= 4 is 0 Å². The van der Waals surface area contributed by atoms with Gasteiger partial charge in [-0.05, 0) is 18.2 Å². The Balaban J connectivity index is 1.85. The van der Waals surface area contributed by atoms with E-state index >= 15 is 0 Å². The molecule has 1 aliphatic carbocycles. The van der Waals surface area contributed by atoms with Gasteiger partial charge in [0.25, 0.3) is 0 Å². The highest BCUT2D eigenvalue weighted by Crippen LogP contribution is 2.50. The van der Waals surface area contributed by atoms with Gasteiger partial charge in [-0.15, -0.1) is 0 Å². The minimum absolute atomic E-state index is 0.234. The van der Waals surface area contributed by atoms with Crippen molar-refractivity contribution in [3.8, 4) is 11.5 Å². The predicted molar refractivity (Wildman–Crippen MR) is 66.0 cm³/mol. The van der Waals surface area contributed by atoms with E-state index in [-0.39, 0.29) is 11.7 Å². The zero-order valence-electron chi connectivity index (χ0n) is 10.7. The van der Waals surface area contributed by atoms with Gasteiger partial charge in [0, 0.05) is 31.9 Å². The van der Waals surface area contributed by atoms with Crippen LogP contribution in [0.3, 0.4) is 0 Å². The van der Waals surface area contributed by atoms with E-state index in [2.05, 4.69) is 0 Å². The summed E-state index contributed by atoms with van der Waals surface area (Å²) in [6.07, 6.45) is 2.11. The van der Waals surface area contributed by atoms with Gasteiger partial charge < -0.3 is 19.3 Å². The van der Waals surface area contributed by atoms with Crippen LogP contribution in [0.15, 0.2) is 18.2 Å². The fourth-order valence-electron chi connectivity index (χ4n) is 2.93. The topological polar surface area (TPSA) is 47.9 Å². The largest absolute Gasteiger partial charge is 0.497 e. The van der Waals surface area contributed by atoms with Crippen LogP contribution < -0.4 is 9.47 Å². The Bertz CT molecular complexity index is 451. The Labute approximate surface area is 106 Å². The Hall–Kier alpha value is -1.26. The van der Waals surface area contributed by atoms with Gasteiger partial charge in [-0.1, -0.05) is 0 Å². The molecule has 4 heteroatoms. The number of benzene rings is 1. The van der Waals surface area contributed by atoms with Crippen molar-refractivity contribution in [1.82, 2.24) is 0 Å². The highest BCUT2D eigenvalue weighted by Gasteiger charge is 2.50. The van der Waals surface area contributed by atoms with E-state index in [0.29, 0.717) is 6.42 Å². The van der Waals surface area contributed by atoms with Gasteiger partial charge in [0.15, 0.2) is 0 Å². The van der Waals surface area contributed by atoms with Gasteiger partial charge in [0.2, 0.25) is 0 Å². The molecule has 98 valence electrons. The summed E-state index contributed by atoms with van der Waals surface area (Å²) in [5, 5.41) is 10.3. The molecular formula is C14H18O4. The number of aliphatic hydroxyl groups is 1. The first kappa shape index (κ1) is 11.8. The van der Waals surface area contributed by atoms with Gasteiger partial charge in [0.1, 0.15) is 17.1 Å². The average Bonchev–Trinajstić information content (AvgIpc) is 2.35. The minimum atomic E-state index is -0.485. The molecule has 3 rings (SSSR count). The molecule has 4 nitrogen and oxygen atoms in total. The Morgan fingerprint density at radius 1 is 1.28 bits per heavy atom. The lowest BCUT2D eigenvalue weighted by atomic mass is 9.71. The van der Waals surface area contributed by atoms with Crippen LogP contribution in [0, 0.1) is 0 Å². The number of aliphatic hydroxyl groups excluding tert-OH is 1. The van der Waals surface area contributed by atoms with Crippen LogP contribution in [0.4, 0.5) is 0 Å². The molecule has 1 N–H and O–H groups in total. The zero-order chi connectivity index (χ0) is 12.8. The first-order valence-electron chi connectivity index (χ1n) is 6.23. The third-order valence-electron chi connectivity index (χ3n) is 4.00. The summed E-state index contributed by atoms with van der Waals surface area (Å²) in [4.78, 5) is 0. The first-order valence-corrected chi connectivity index (χ1v) is 6.23. The van der Waals surface area contributed by atoms with Crippen molar-refractivity contribution in [2.45, 2.75) is 37.1 Å². The lowest BCUT2D eigenvalue weighted by molar-refractivity contribution is -0.139. The molecule has 0 radical (unpaired) electrons. The highest BCUT2D eigenvalue weighted by molar-refractivity contribution is 5.44. The van der Waals surface area contributed by atoms with Gasteiger partial charge in [0.05, 0.1) is 19.3 Å². The molecule has 0 saturated heterocycles. The highest BCUT2D eigenvalue weighted by atomic mass is 16.5. The number of hydrogen-bond acceptors (Lipinski definition) is 4. The van der Waals surface area contributed by atoms with Crippen molar-refractivity contribution in [2.75, 3.05) is 14.2 Å². The van der Waals surface area contributed by atoms with Gasteiger partial charge >= 0.3 is 0 Å². The number of ether oxygens (including phenoxy) is 3. The molecule has 0 amide bonds. The van der Waals surface area contributed by atoms with Crippen molar-refractivity contribution in [3.05, 3.63) is 23.8 Å². The van der Waals surface area contributed by atoms with E-state index in [0.717, 1.165) is 29.9 Å². The third-order valence-corrected chi connectivity index (χ3v) is 4.00. The Kier molecular flexibility index (Phi) is 2.72. The lowest BCUT2D eigenvalue weighted by Gasteiger charge is -2.50. The molecule has 0 bridgehead atoms. The molecule has 1 spiro atoms. The molecule has 1 saturated carbocycles. The smallest absolute Gasteiger partial charge is 0.126 e. The number of methoxy groups -OCH3 is 2. The quantitative estimate of drug-likeness (QED) is 0.872. The SMILES string of the molecule is COc1ccc2c(c1)[C@H](O)CC1(CC(OC)C1)O2. The monoisotopic (exact) mass is 250 g/mol. The van der Waals surface area contributed by atoms with Crippen LogP contribution in [-0.4, -0.2) is 31.0 Å². The standard InChI is InChI=1S/C14H18O4/c1-16-9-3-4-13-11(5-9)12(15)8-14(18-13)6-10(7-14)17-2/h3-5,10,12,15H,6-8H2,1-2H3/t10?,12-,14?/m1/s1. The van der Waals surface area contributed by atoms with E-state index < -0.39 is 6.10 Å². The van der Waals surface area contributed by atoms with Gasteiger partial charge in [-0.2, -0.15) is 0 Å². The van der Waals surface area contributed by atoms with Crippen molar-refractivity contribution in [1.29, 1.82) is 0 Å². The zero-order valence-corrected chi connectivity index (χ0v) is 10.7. The summed E-state index contributed by atoms with van der Waals surface area (Å²) < 4.78 is 16.5. The maximum atomic E-state index is 10.3. The summed E-state index contributed by atoms with van der Waals surface area (Å²) in [6, 6.07) is 5.58. The van der Waals surface area contributed by atoms with E-state index in [1.807, 2.05) is 18.2 Å². The number of rotatable bonds is 2. The second kappa shape index (κ2) is 4.14. The van der Waals surface area contributed by atoms with E-state index in [4.69, 9.17) is 14.2 Å². The lowest BCUT2D eigenvalue weighted by Crippen LogP contribution is -2.54. The summed E-state index contributed by atoms with van der Waals surface area (Å²) >= 11 is 0. The average molecular weight is 250 g/mol. The maximum Gasteiger partial charge on any atom is 0.126 e. The molecule has 2 aliphatic rings. The van der Waals surface area contributed by atoms with Crippen LogP contribution >= 0.6 is 0 Å². The second-order valence-electron chi connectivity index (χ2n) is 5.17. The van der Waals surface area contributed by atoms with Crippen molar-refractivity contribution in [2.24, 2.45) is 0 Å². The van der Waals surface area contributed by atoms with Crippen LogP contribution in [0.25, 0.3) is 0 Å². The van der Waals surface area contributed by atoms with Crippen LogP contribution in [0.5, 0.6) is 11.5 Å². The van der Waals surface area contributed by atoms with E-state index in [1.165, 1.54) is 0 Å². The van der Waals surface area contributed by atoms with E-state index in [1.54, 1.807) is 14.2 Å². The fraction of sp³-hybridized carbons (Fsp3) is 0.571. The van der Waals surface area contributed by atoms with Crippen molar-refractivity contribution < 1.29 is 19.3 Å².